The lowest BCUT2D eigenvalue weighted by molar-refractivity contribution is -0.151. The Morgan fingerprint density at radius 3 is 2.45 bits per heavy atom. The second-order valence-corrected chi connectivity index (χ2v) is 9.24. The molecule has 0 unspecified atom stereocenters. The third-order valence-corrected chi connectivity index (χ3v) is 6.77. The van der Waals surface area contributed by atoms with Crippen molar-refractivity contribution in [3.8, 4) is 0 Å². The molecule has 1 aromatic carbocycles. The predicted molar refractivity (Wildman–Crippen MR) is 115 cm³/mol. The Bertz CT molecular complexity index is 926. The van der Waals surface area contributed by atoms with E-state index in [1.807, 2.05) is 11.0 Å². The summed E-state index contributed by atoms with van der Waals surface area (Å²) >= 11 is 0. The van der Waals surface area contributed by atoms with E-state index in [9.17, 15) is 9.59 Å². The highest BCUT2D eigenvalue weighted by Crippen LogP contribution is 2.61. The van der Waals surface area contributed by atoms with E-state index in [-0.39, 0.29) is 17.2 Å². The molecule has 3 aliphatic heterocycles. The van der Waals surface area contributed by atoms with Gasteiger partial charge < -0.3 is 15.5 Å². The Kier molecular flexibility index (Phi) is 4.60. The lowest BCUT2D eigenvalue weighted by Gasteiger charge is -2.47. The molecule has 0 bridgehead atoms. The fourth-order valence-electron chi connectivity index (χ4n) is 5.40. The molecule has 5 nitrogen and oxygen atoms in total. The minimum absolute atomic E-state index is 0.00358. The SMILES string of the molecule is CC(C)=CC[C@@]12C[C@H]3C(=O)N[C@@H](C)C(=O)N3[C@]1(CC=C(C)C)Nc1ccccc12. The molecule has 3 aliphatic rings. The molecule has 0 aromatic heterocycles. The van der Waals surface area contributed by atoms with Gasteiger partial charge in [0.1, 0.15) is 17.7 Å². The van der Waals surface area contributed by atoms with Crippen molar-refractivity contribution in [2.45, 2.75) is 77.0 Å². The van der Waals surface area contributed by atoms with E-state index in [1.54, 1.807) is 6.92 Å². The minimum Gasteiger partial charge on any atom is -0.361 e. The summed E-state index contributed by atoms with van der Waals surface area (Å²) in [5.41, 5.74) is 3.74. The molecular weight excluding hydrogens is 362 g/mol. The first-order chi connectivity index (χ1) is 13.7. The van der Waals surface area contributed by atoms with Crippen LogP contribution in [-0.2, 0) is 15.0 Å². The van der Waals surface area contributed by atoms with Crippen molar-refractivity contribution in [1.29, 1.82) is 0 Å². The topological polar surface area (TPSA) is 61.4 Å². The molecule has 1 aromatic rings. The van der Waals surface area contributed by atoms with Gasteiger partial charge in [0.15, 0.2) is 0 Å². The van der Waals surface area contributed by atoms with Crippen LogP contribution in [0.2, 0.25) is 0 Å². The number of nitrogens with zero attached hydrogens (tertiary/aromatic N) is 1. The number of nitrogens with one attached hydrogen (secondary N) is 2. The zero-order chi connectivity index (χ0) is 21.0. The molecule has 2 N–H and O–H groups in total. The van der Waals surface area contributed by atoms with Gasteiger partial charge in [-0.25, -0.2) is 0 Å². The summed E-state index contributed by atoms with van der Waals surface area (Å²) in [6, 6.07) is 7.39. The molecule has 4 atom stereocenters. The fourth-order valence-corrected chi connectivity index (χ4v) is 5.40. The van der Waals surface area contributed by atoms with Crippen LogP contribution < -0.4 is 10.6 Å². The van der Waals surface area contributed by atoms with Crippen molar-refractivity contribution in [2.75, 3.05) is 5.32 Å². The first kappa shape index (κ1) is 19.7. The van der Waals surface area contributed by atoms with Gasteiger partial charge >= 0.3 is 0 Å². The van der Waals surface area contributed by atoms with Gasteiger partial charge in [0.25, 0.3) is 0 Å². The smallest absolute Gasteiger partial charge is 0.247 e. The summed E-state index contributed by atoms with van der Waals surface area (Å²) in [4.78, 5) is 28.3. The predicted octanol–water partition coefficient (Wildman–Crippen LogP) is 3.88. The number of fused-ring (bicyclic) bond motifs is 5. The number of allylic oxidation sites excluding steroid dienone is 3. The van der Waals surface area contributed by atoms with Crippen molar-refractivity contribution < 1.29 is 9.59 Å². The molecule has 2 saturated heterocycles. The second-order valence-electron chi connectivity index (χ2n) is 9.24. The Morgan fingerprint density at radius 1 is 1.10 bits per heavy atom. The van der Waals surface area contributed by atoms with Crippen molar-refractivity contribution in [3.63, 3.8) is 0 Å². The zero-order valence-electron chi connectivity index (χ0n) is 18.0. The van der Waals surface area contributed by atoms with Crippen LogP contribution in [0, 0.1) is 0 Å². The Hall–Kier alpha value is -2.56. The first-order valence-electron chi connectivity index (χ1n) is 10.5. The molecule has 3 heterocycles. The van der Waals surface area contributed by atoms with Crippen LogP contribution in [0.5, 0.6) is 0 Å². The minimum atomic E-state index is -0.645. The maximum Gasteiger partial charge on any atom is 0.247 e. The molecule has 2 fully saturated rings. The molecular formula is C24H31N3O2. The van der Waals surface area contributed by atoms with E-state index < -0.39 is 17.7 Å². The third kappa shape index (κ3) is 2.74. The molecule has 29 heavy (non-hydrogen) atoms. The number of hydrogen-bond donors (Lipinski definition) is 2. The lowest BCUT2D eigenvalue weighted by atomic mass is 9.68. The number of benzene rings is 1. The molecule has 0 aliphatic carbocycles. The Balaban J connectivity index is 1.97. The molecule has 4 rings (SSSR count). The maximum absolute atomic E-state index is 13.4. The highest BCUT2D eigenvalue weighted by Gasteiger charge is 2.70. The fraction of sp³-hybridized carbons (Fsp3) is 0.500. The second kappa shape index (κ2) is 6.75. The van der Waals surface area contributed by atoms with Gasteiger partial charge in [0, 0.05) is 17.5 Å². The number of piperazine rings is 1. The molecule has 0 radical (unpaired) electrons. The zero-order valence-corrected chi connectivity index (χ0v) is 18.0. The number of anilines is 1. The van der Waals surface area contributed by atoms with E-state index in [4.69, 9.17) is 0 Å². The number of carbonyl (C=O) groups is 2. The van der Waals surface area contributed by atoms with Gasteiger partial charge in [-0.2, -0.15) is 0 Å². The van der Waals surface area contributed by atoms with Crippen molar-refractivity contribution in [3.05, 3.63) is 53.1 Å². The summed E-state index contributed by atoms with van der Waals surface area (Å²) in [6.45, 7) is 10.1. The number of carbonyl (C=O) groups excluding carboxylic acids is 2. The third-order valence-electron chi connectivity index (χ3n) is 6.77. The van der Waals surface area contributed by atoms with Crippen LogP contribution in [0.25, 0.3) is 0 Å². The summed E-state index contributed by atoms with van der Waals surface area (Å²) in [5, 5.41) is 6.64. The van der Waals surface area contributed by atoms with E-state index >= 15 is 0 Å². The van der Waals surface area contributed by atoms with Gasteiger partial charge in [0.05, 0.1) is 0 Å². The molecule has 154 valence electrons. The van der Waals surface area contributed by atoms with E-state index in [0.29, 0.717) is 12.8 Å². The normalized spacial score (nSPS) is 32.0. The average Bonchev–Trinajstić information content (AvgIpc) is 3.09. The van der Waals surface area contributed by atoms with Gasteiger partial charge in [-0.3, -0.25) is 9.59 Å². The van der Waals surface area contributed by atoms with Gasteiger partial charge in [-0.05, 0) is 59.1 Å². The van der Waals surface area contributed by atoms with Crippen LogP contribution in [0.1, 0.15) is 59.4 Å². The summed E-state index contributed by atoms with van der Waals surface area (Å²) in [6.07, 6.45) is 6.54. The van der Waals surface area contributed by atoms with Crippen LogP contribution in [0.15, 0.2) is 47.6 Å². The van der Waals surface area contributed by atoms with Crippen molar-refractivity contribution in [1.82, 2.24) is 10.2 Å². The number of rotatable bonds is 4. The highest BCUT2D eigenvalue weighted by molar-refractivity contribution is 5.99. The molecule has 0 saturated carbocycles. The van der Waals surface area contributed by atoms with Crippen LogP contribution in [-0.4, -0.2) is 34.5 Å². The van der Waals surface area contributed by atoms with E-state index in [2.05, 4.69) is 68.7 Å². The average molecular weight is 394 g/mol. The van der Waals surface area contributed by atoms with Crippen LogP contribution >= 0.6 is 0 Å². The largest absolute Gasteiger partial charge is 0.361 e. The number of para-hydroxylation sites is 1. The monoisotopic (exact) mass is 393 g/mol. The number of hydrogen-bond acceptors (Lipinski definition) is 3. The number of amides is 2. The van der Waals surface area contributed by atoms with Crippen LogP contribution in [0.4, 0.5) is 5.69 Å². The Morgan fingerprint density at radius 2 is 1.76 bits per heavy atom. The van der Waals surface area contributed by atoms with Gasteiger partial charge in [-0.1, -0.05) is 41.5 Å². The summed E-state index contributed by atoms with van der Waals surface area (Å²) in [7, 11) is 0. The van der Waals surface area contributed by atoms with E-state index in [1.165, 1.54) is 16.7 Å². The van der Waals surface area contributed by atoms with Crippen LogP contribution in [0.3, 0.4) is 0 Å². The highest BCUT2D eigenvalue weighted by atomic mass is 16.2. The summed E-state index contributed by atoms with van der Waals surface area (Å²) < 4.78 is 0. The van der Waals surface area contributed by atoms with Gasteiger partial charge in [0.2, 0.25) is 11.8 Å². The maximum atomic E-state index is 13.4. The van der Waals surface area contributed by atoms with Crippen molar-refractivity contribution in [2.24, 2.45) is 0 Å². The standard InChI is InChI=1S/C24H31N3O2/c1-15(2)10-12-23-14-20-21(28)25-17(5)22(29)27(20)24(23,13-11-16(3)4)26-19-9-7-6-8-18(19)23/h6-11,17,20,26H,12-14H2,1-5H3,(H,25,28)/t17-,20-,23-,24-/m0/s1. The van der Waals surface area contributed by atoms with Gasteiger partial charge in [-0.15, -0.1) is 0 Å². The first-order valence-corrected chi connectivity index (χ1v) is 10.5. The Labute approximate surface area is 173 Å². The lowest BCUT2D eigenvalue weighted by Crippen LogP contribution is -2.68. The van der Waals surface area contributed by atoms with Crippen molar-refractivity contribution >= 4 is 17.5 Å². The summed E-state index contributed by atoms with van der Waals surface area (Å²) in [5.74, 6) is -0.0462. The molecule has 2 amide bonds. The molecule has 5 heteroatoms. The molecule has 0 spiro atoms. The quantitative estimate of drug-likeness (QED) is 0.763. The van der Waals surface area contributed by atoms with E-state index in [0.717, 1.165) is 12.1 Å².